The Bertz CT molecular complexity index is 1020. The van der Waals surface area contributed by atoms with Crippen LogP contribution in [0.2, 0.25) is 5.02 Å². The SMILES string of the molecule is Cc1c(OC(=O)Nc2cccc(Cl)c2)c(C(F)(F)F)nn1-c1ccc(F)cc1. The molecule has 1 heterocycles. The largest absolute Gasteiger partial charge is 0.438 e. The average molecular weight is 414 g/mol. The van der Waals surface area contributed by atoms with E-state index < -0.39 is 29.5 Å². The summed E-state index contributed by atoms with van der Waals surface area (Å²) >= 11 is 5.80. The second-order valence-corrected chi connectivity index (χ2v) is 6.11. The first kappa shape index (κ1) is 19.7. The van der Waals surface area contributed by atoms with Crippen molar-refractivity contribution in [1.82, 2.24) is 9.78 Å². The minimum atomic E-state index is -4.87. The van der Waals surface area contributed by atoms with Crippen LogP contribution >= 0.6 is 11.6 Å². The van der Waals surface area contributed by atoms with E-state index in [9.17, 15) is 22.4 Å². The molecule has 0 bridgehead atoms. The third kappa shape index (κ3) is 4.25. The summed E-state index contributed by atoms with van der Waals surface area (Å²) in [7, 11) is 0. The van der Waals surface area contributed by atoms with Crippen LogP contribution in [0, 0.1) is 12.7 Å². The average Bonchev–Trinajstić information content (AvgIpc) is 2.92. The number of alkyl halides is 3. The fourth-order valence-electron chi connectivity index (χ4n) is 2.43. The number of aromatic nitrogens is 2. The Hall–Kier alpha value is -3.07. The van der Waals surface area contributed by atoms with Crippen LogP contribution in [-0.2, 0) is 6.18 Å². The van der Waals surface area contributed by atoms with Gasteiger partial charge in [0.15, 0.2) is 5.75 Å². The maximum atomic E-state index is 13.4. The molecule has 0 aliphatic heterocycles. The van der Waals surface area contributed by atoms with Gasteiger partial charge < -0.3 is 4.74 Å². The molecule has 0 atom stereocenters. The Morgan fingerprint density at radius 3 is 2.46 bits per heavy atom. The number of hydrogen-bond donors (Lipinski definition) is 1. The van der Waals surface area contributed by atoms with Gasteiger partial charge in [0.25, 0.3) is 0 Å². The van der Waals surface area contributed by atoms with Gasteiger partial charge in [0.05, 0.1) is 11.4 Å². The van der Waals surface area contributed by atoms with Crippen molar-refractivity contribution in [3.8, 4) is 11.4 Å². The van der Waals surface area contributed by atoms with E-state index in [-0.39, 0.29) is 17.1 Å². The minimum absolute atomic E-state index is 0.0832. The Balaban J connectivity index is 1.94. The molecule has 0 aliphatic carbocycles. The number of nitrogens with one attached hydrogen (secondary N) is 1. The Morgan fingerprint density at radius 2 is 1.86 bits per heavy atom. The molecule has 5 nitrogen and oxygen atoms in total. The highest BCUT2D eigenvalue weighted by molar-refractivity contribution is 6.30. The molecule has 1 amide bonds. The molecule has 0 radical (unpaired) electrons. The van der Waals surface area contributed by atoms with E-state index in [1.54, 1.807) is 12.1 Å². The first-order valence-electron chi connectivity index (χ1n) is 7.82. The Morgan fingerprint density at radius 1 is 1.18 bits per heavy atom. The van der Waals surface area contributed by atoms with Crippen LogP contribution in [0.1, 0.15) is 11.4 Å². The molecule has 1 N–H and O–H groups in total. The number of carbonyl (C=O) groups is 1. The minimum Gasteiger partial charge on any atom is -0.406 e. The number of ether oxygens (including phenoxy) is 1. The number of hydrogen-bond acceptors (Lipinski definition) is 3. The smallest absolute Gasteiger partial charge is 0.406 e. The van der Waals surface area contributed by atoms with E-state index in [2.05, 4.69) is 10.4 Å². The molecule has 146 valence electrons. The number of anilines is 1. The van der Waals surface area contributed by atoms with Crippen LogP contribution in [-0.4, -0.2) is 15.9 Å². The lowest BCUT2D eigenvalue weighted by Gasteiger charge is -2.09. The summed E-state index contributed by atoms with van der Waals surface area (Å²) in [5, 5.41) is 6.12. The normalized spacial score (nSPS) is 11.4. The van der Waals surface area contributed by atoms with Gasteiger partial charge in [0, 0.05) is 10.7 Å². The molecular weight excluding hydrogens is 402 g/mol. The van der Waals surface area contributed by atoms with Gasteiger partial charge in [0.2, 0.25) is 5.69 Å². The third-order valence-corrected chi connectivity index (χ3v) is 3.90. The lowest BCUT2D eigenvalue weighted by Crippen LogP contribution is -2.19. The molecule has 0 unspecified atom stereocenters. The van der Waals surface area contributed by atoms with Crippen LogP contribution < -0.4 is 10.1 Å². The lowest BCUT2D eigenvalue weighted by molar-refractivity contribution is -0.142. The topological polar surface area (TPSA) is 56.1 Å². The van der Waals surface area contributed by atoms with Crippen LogP contribution in [0.15, 0.2) is 48.5 Å². The van der Waals surface area contributed by atoms with Crippen LogP contribution in [0.3, 0.4) is 0 Å². The molecule has 0 spiro atoms. The lowest BCUT2D eigenvalue weighted by atomic mass is 10.3. The summed E-state index contributed by atoms with van der Waals surface area (Å²) in [5.41, 5.74) is -1.04. The van der Waals surface area contributed by atoms with Gasteiger partial charge in [-0.15, -0.1) is 0 Å². The standard InChI is InChI=1S/C18H12ClF4N3O2/c1-10-15(28-17(27)24-13-4-2-3-11(19)9-13)16(18(21,22)23)25-26(10)14-7-5-12(20)6-8-14/h2-9H,1H3,(H,24,27). The van der Waals surface area contributed by atoms with Gasteiger partial charge in [-0.2, -0.15) is 18.3 Å². The van der Waals surface area contributed by atoms with Crippen molar-refractivity contribution >= 4 is 23.4 Å². The molecule has 1 aromatic heterocycles. The molecular formula is C18H12ClF4N3O2. The first-order chi connectivity index (χ1) is 13.1. The number of amides is 1. The van der Waals surface area contributed by atoms with Crippen LogP contribution in [0.5, 0.6) is 5.75 Å². The number of rotatable bonds is 3. The van der Waals surface area contributed by atoms with Crippen LogP contribution in [0.4, 0.5) is 28.0 Å². The number of benzene rings is 2. The van der Waals surface area contributed by atoms with Crippen molar-refractivity contribution in [2.45, 2.75) is 13.1 Å². The zero-order chi connectivity index (χ0) is 20.5. The number of halogens is 5. The van der Waals surface area contributed by atoms with E-state index in [0.29, 0.717) is 5.02 Å². The highest BCUT2D eigenvalue weighted by atomic mass is 35.5. The summed E-state index contributed by atoms with van der Waals surface area (Å²) in [6.07, 6.45) is -6.02. The van der Waals surface area contributed by atoms with Crippen molar-refractivity contribution in [2.75, 3.05) is 5.32 Å². The van der Waals surface area contributed by atoms with E-state index in [4.69, 9.17) is 16.3 Å². The van der Waals surface area contributed by atoms with Crippen molar-refractivity contribution in [3.05, 3.63) is 70.8 Å². The predicted octanol–water partition coefficient (Wildman–Crippen LogP) is 5.60. The zero-order valence-corrected chi connectivity index (χ0v) is 15.0. The van der Waals surface area contributed by atoms with E-state index in [1.165, 1.54) is 31.2 Å². The number of carbonyl (C=O) groups excluding carboxylic acids is 1. The summed E-state index contributed by atoms with van der Waals surface area (Å²) in [6.45, 7) is 1.30. The van der Waals surface area contributed by atoms with Crippen LogP contribution in [0.25, 0.3) is 5.69 Å². The quantitative estimate of drug-likeness (QED) is 0.568. The maximum absolute atomic E-state index is 13.4. The predicted molar refractivity (Wildman–Crippen MR) is 94.4 cm³/mol. The molecule has 0 fully saturated rings. The maximum Gasteiger partial charge on any atom is 0.438 e. The highest BCUT2D eigenvalue weighted by Crippen LogP contribution is 2.38. The van der Waals surface area contributed by atoms with Gasteiger partial charge in [-0.3, -0.25) is 5.32 Å². The monoisotopic (exact) mass is 413 g/mol. The van der Waals surface area contributed by atoms with Crippen molar-refractivity contribution in [2.24, 2.45) is 0 Å². The second kappa shape index (κ2) is 7.51. The van der Waals surface area contributed by atoms with Gasteiger partial charge >= 0.3 is 12.3 Å². The molecule has 0 aliphatic rings. The molecule has 3 aromatic rings. The van der Waals surface area contributed by atoms with Gasteiger partial charge in [-0.05, 0) is 49.4 Å². The van der Waals surface area contributed by atoms with Crippen molar-refractivity contribution < 1.29 is 27.1 Å². The first-order valence-corrected chi connectivity index (χ1v) is 8.20. The molecule has 2 aromatic carbocycles. The fraction of sp³-hybridized carbons (Fsp3) is 0.111. The Kier molecular flexibility index (Phi) is 5.28. The molecule has 10 heteroatoms. The fourth-order valence-corrected chi connectivity index (χ4v) is 2.62. The highest BCUT2D eigenvalue weighted by Gasteiger charge is 2.40. The molecule has 3 rings (SSSR count). The summed E-state index contributed by atoms with van der Waals surface area (Å²) < 4.78 is 59.1. The van der Waals surface area contributed by atoms with Crippen molar-refractivity contribution in [1.29, 1.82) is 0 Å². The molecule has 0 saturated heterocycles. The van der Waals surface area contributed by atoms with Gasteiger partial charge in [0.1, 0.15) is 5.82 Å². The zero-order valence-electron chi connectivity index (χ0n) is 14.2. The van der Waals surface area contributed by atoms with Gasteiger partial charge in [-0.1, -0.05) is 17.7 Å². The van der Waals surface area contributed by atoms with E-state index in [1.807, 2.05) is 0 Å². The summed E-state index contributed by atoms with van der Waals surface area (Å²) in [5.74, 6) is -1.31. The molecule has 28 heavy (non-hydrogen) atoms. The summed E-state index contributed by atoms with van der Waals surface area (Å²) in [6, 6.07) is 10.7. The number of nitrogens with zero attached hydrogens (tertiary/aromatic N) is 2. The summed E-state index contributed by atoms with van der Waals surface area (Å²) in [4.78, 5) is 12.1. The van der Waals surface area contributed by atoms with Crippen molar-refractivity contribution in [3.63, 3.8) is 0 Å². The third-order valence-electron chi connectivity index (χ3n) is 3.67. The Labute approximate surface area is 161 Å². The molecule has 0 saturated carbocycles. The van der Waals surface area contributed by atoms with E-state index >= 15 is 0 Å². The van der Waals surface area contributed by atoms with E-state index in [0.717, 1.165) is 16.8 Å². The second-order valence-electron chi connectivity index (χ2n) is 5.67. The van der Waals surface area contributed by atoms with Gasteiger partial charge in [-0.25, -0.2) is 13.9 Å².